The van der Waals surface area contributed by atoms with Gasteiger partial charge in [0.25, 0.3) is 0 Å². The number of hydrogen-bond acceptors (Lipinski definition) is 5. The molecule has 1 aromatic carbocycles. The van der Waals surface area contributed by atoms with Crippen LogP contribution in [0, 0.1) is 11.3 Å². The zero-order valence-electron chi connectivity index (χ0n) is 13.0. The Labute approximate surface area is 131 Å². The van der Waals surface area contributed by atoms with Gasteiger partial charge >= 0.3 is 0 Å². The molecular weight excluding hydrogens is 280 g/mol. The fraction of sp³-hybridized carbons (Fsp3) is 0.588. The number of benzene rings is 1. The third-order valence-corrected chi connectivity index (χ3v) is 4.21. The summed E-state index contributed by atoms with van der Waals surface area (Å²) < 4.78 is 5.24. The molecule has 1 saturated heterocycles. The molecule has 1 heterocycles. The van der Waals surface area contributed by atoms with Crippen LogP contribution >= 0.6 is 0 Å². The van der Waals surface area contributed by atoms with Gasteiger partial charge in [0.05, 0.1) is 23.3 Å². The Morgan fingerprint density at radius 1 is 1.41 bits per heavy atom. The van der Waals surface area contributed by atoms with E-state index in [4.69, 9.17) is 10.00 Å². The van der Waals surface area contributed by atoms with Crippen molar-refractivity contribution in [2.24, 2.45) is 0 Å². The van der Waals surface area contributed by atoms with Crippen LogP contribution in [0.2, 0.25) is 0 Å². The Balaban J connectivity index is 1.82. The van der Waals surface area contributed by atoms with Crippen molar-refractivity contribution >= 4 is 0 Å². The van der Waals surface area contributed by atoms with E-state index in [0.29, 0.717) is 44.6 Å². The average Bonchev–Trinajstić information content (AvgIpc) is 2.53. The molecule has 0 radical (unpaired) electrons. The molecule has 0 bridgehead atoms. The van der Waals surface area contributed by atoms with E-state index in [1.807, 2.05) is 25.1 Å². The summed E-state index contributed by atoms with van der Waals surface area (Å²) in [7, 11) is 0. The van der Waals surface area contributed by atoms with Crippen LogP contribution in [0.1, 0.15) is 43.4 Å². The average molecular weight is 304 g/mol. The first-order valence-corrected chi connectivity index (χ1v) is 7.74. The lowest BCUT2D eigenvalue weighted by Gasteiger charge is -2.34. The molecule has 0 spiro atoms. The van der Waals surface area contributed by atoms with Gasteiger partial charge in [-0.1, -0.05) is 12.1 Å². The molecule has 2 unspecified atom stereocenters. The van der Waals surface area contributed by atoms with E-state index in [1.54, 1.807) is 6.07 Å². The number of rotatable bonds is 6. The lowest BCUT2D eigenvalue weighted by Crippen LogP contribution is -2.42. The van der Waals surface area contributed by atoms with Crippen LogP contribution in [0.25, 0.3) is 0 Å². The molecule has 22 heavy (non-hydrogen) atoms. The van der Waals surface area contributed by atoms with Gasteiger partial charge in [-0.05, 0) is 37.5 Å². The number of hydrogen-bond donors (Lipinski definition) is 3. The summed E-state index contributed by atoms with van der Waals surface area (Å²) in [6.07, 6.45) is 0.895. The Hall–Kier alpha value is -1.45. The van der Waals surface area contributed by atoms with Crippen LogP contribution in [0.4, 0.5) is 0 Å². The highest BCUT2D eigenvalue weighted by Crippen LogP contribution is 2.25. The molecule has 0 aliphatic carbocycles. The van der Waals surface area contributed by atoms with Gasteiger partial charge < -0.3 is 20.3 Å². The zero-order chi connectivity index (χ0) is 16.0. The van der Waals surface area contributed by atoms with Crippen LogP contribution in [-0.2, 0) is 4.74 Å². The Kier molecular flexibility index (Phi) is 5.92. The second kappa shape index (κ2) is 7.70. The molecular formula is C17H24N2O3. The molecule has 120 valence electrons. The van der Waals surface area contributed by atoms with E-state index in [2.05, 4.69) is 11.4 Å². The summed E-state index contributed by atoms with van der Waals surface area (Å²) in [5, 5.41) is 32.7. The Bertz CT molecular complexity index is 521. The van der Waals surface area contributed by atoms with Gasteiger partial charge in [-0.3, -0.25) is 0 Å². The van der Waals surface area contributed by atoms with E-state index < -0.39 is 11.7 Å². The van der Waals surface area contributed by atoms with E-state index in [9.17, 15) is 10.2 Å². The molecule has 1 aromatic rings. The monoisotopic (exact) mass is 304 g/mol. The van der Waals surface area contributed by atoms with Crippen molar-refractivity contribution < 1.29 is 14.9 Å². The van der Waals surface area contributed by atoms with Crippen LogP contribution in [-0.4, -0.2) is 41.7 Å². The number of nitrogens with one attached hydrogen (secondary N) is 1. The minimum absolute atomic E-state index is 0.0345. The summed E-state index contributed by atoms with van der Waals surface area (Å²) in [5.41, 5.74) is 0.822. The van der Waals surface area contributed by atoms with Crippen molar-refractivity contribution in [3.63, 3.8) is 0 Å². The Morgan fingerprint density at radius 2 is 2.14 bits per heavy atom. The van der Waals surface area contributed by atoms with Crippen LogP contribution < -0.4 is 5.32 Å². The molecule has 1 aliphatic heterocycles. The van der Waals surface area contributed by atoms with Crippen molar-refractivity contribution in [3.05, 3.63) is 35.4 Å². The van der Waals surface area contributed by atoms with E-state index in [1.165, 1.54) is 0 Å². The first-order valence-electron chi connectivity index (χ1n) is 7.74. The summed E-state index contributed by atoms with van der Waals surface area (Å²) in [6.45, 7) is 3.50. The number of nitrogens with zero attached hydrogens (tertiary/aromatic N) is 1. The topological polar surface area (TPSA) is 85.5 Å². The Morgan fingerprint density at radius 3 is 2.82 bits per heavy atom. The van der Waals surface area contributed by atoms with Crippen LogP contribution in [0.5, 0.6) is 0 Å². The smallest absolute Gasteiger partial charge is 0.0991 e. The zero-order valence-corrected chi connectivity index (χ0v) is 13.0. The molecule has 5 nitrogen and oxygen atoms in total. The maximum absolute atomic E-state index is 10.4. The van der Waals surface area contributed by atoms with Gasteiger partial charge in [-0.25, -0.2) is 0 Å². The molecule has 0 saturated carbocycles. The molecule has 3 N–H and O–H groups in total. The molecule has 1 fully saturated rings. The third kappa shape index (κ3) is 4.79. The highest BCUT2D eigenvalue weighted by Gasteiger charge is 2.32. The van der Waals surface area contributed by atoms with Gasteiger partial charge in [-0.15, -0.1) is 0 Å². The number of aliphatic hydroxyl groups is 2. The van der Waals surface area contributed by atoms with E-state index >= 15 is 0 Å². The quantitative estimate of drug-likeness (QED) is 0.741. The van der Waals surface area contributed by atoms with Gasteiger partial charge in [-0.2, -0.15) is 5.26 Å². The normalized spacial score (nSPS) is 20.1. The summed E-state index contributed by atoms with van der Waals surface area (Å²) >= 11 is 0. The third-order valence-electron chi connectivity index (χ3n) is 4.21. The first kappa shape index (κ1) is 16.9. The standard InChI is InChI=1S/C17H24N2O3/c1-13(15-4-2-3-14(9-15)11-18)19-12-16(20)10-17(21)5-7-22-8-6-17/h2-4,9,13,16,19-21H,5-8,10,12H2,1H3. The minimum Gasteiger partial charge on any atom is -0.392 e. The highest BCUT2D eigenvalue weighted by molar-refractivity contribution is 5.34. The van der Waals surface area contributed by atoms with Crippen molar-refractivity contribution in [2.75, 3.05) is 19.8 Å². The molecule has 1 aliphatic rings. The number of ether oxygens (including phenoxy) is 1. The maximum Gasteiger partial charge on any atom is 0.0991 e. The predicted octanol–water partition coefficient (Wildman–Crippen LogP) is 1.50. The van der Waals surface area contributed by atoms with Crippen molar-refractivity contribution in [1.29, 1.82) is 5.26 Å². The van der Waals surface area contributed by atoms with E-state index in [0.717, 1.165) is 5.56 Å². The van der Waals surface area contributed by atoms with Gasteiger partial charge in [0.2, 0.25) is 0 Å². The lowest BCUT2D eigenvalue weighted by atomic mass is 9.88. The van der Waals surface area contributed by atoms with Crippen LogP contribution in [0.15, 0.2) is 24.3 Å². The number of aliphatic hydroxyl groups excluding tert-OH is 1. The van der Waals surface area contributed by atoms with Gasteiger partial charge in [0.1, 0.15) is 0 Å². The molecule has 0 aromatic heterocycles. The maximum atomic E-state index is 10.4. The molecule has 0 amide bonds. The highest BCUT2D eigenvalue weighted by atomic mass is 16.5. The summed E-state index contributed by atoms with van der Waals surface area (Å²) in [6, 6.07) is 9.58. The van der Waals surface area contributed by atoms with Gasteiger partial charge in [0.15, 0.2) is 0 Å². The SMILES string of the molecule is CC(NCC(O)CC1(O)CCOCC1)c1cccc(C#N)c1. The second-order valence-corrected chi connectivity index (χ2v) is 6.06. The molecule has 2 atom stereocenters. The molecule has 5 heteroatoms. The van der Waals surface area contributed by atoms with E-state index in [-0.39, 0.29) is 6.04 Å². The van der Waals surface area contributed by atoms with Gasteiger partial charge in [0, 0.05) is 32.2 Å². The minimum atomic E-state index is -0.816. The van der Waals surface area contributed by atoms with Crippen molar-refractivity contribution in [1.82, 2.24) is 5.32 Å². The van der Waals surface area contributed by atoms with Crippen molar-refractivity contribution in [2.45, 2.75) is 43.9 Å². The largest absolute Gasteiger partial charge is 0.392 e. The van der Waals surface area contributed by atoms with Crippen LogP contribution in [0.3, 0.4) is 0 Å². The fourth-order valence-electron chi connectivity index (χ4n) is 2.77. The lowest BCUT2D eigenvalue weighted by molar-refractivity contribution is -0.0862. The molecule has 2 rings (SSSR count). The summed E-state index contributed by atoms with van der Waals surface area (Å²) in [4.78, 5) is 0. The second-order valence-electron chi connectivity index (χ2n) is 6.06. The fourth-order valence-corrected chi connectivity index (χ4v) is 2.77. The van der Waals surface area contributed by atoms with Crippen molar-refractivity contribution in [3.8, 4) is 6.07 Å². The summed E-state index contributed by atoms with van der Waals surface area (Å²) in [5.74, 6) is 0. The number of nitriles is 1. The first-order chi connectivity index (χ1) is 10.5. The predicted molar refractivity (Wildman–Crippen MR) is 83.2 cm³/mol.